The summed E-state index contributed by atoms with van der Waals surface area (Å²) in [5.41, 5.74) is 8.27. The second kappa shape index (κ2) is 4.71. The zero-order valence-corrected chi connectivity index (χ0v) is 6.97. The maximum absolute atomic E-state index is 7.10. The molecule has 0 fully saturated rings. The van der Waals surface area contributed by atoms with Crippen LogP contribution in [0.15, 0.2) is 11.8 Å². The van der Waals surface area contributed by atoms with Gasteiger partial charge in [0, 0.05) is 18.3 Å². The van der Waals surface area contributed by atoms with Crippen molar-refractivity contribution < 1.29 is 0 Å². The van der Waals surface area contributed by atoms with Crippen molar-refractivity contribution in [2.24, 2.45) is 11.6 Å². The Labute approximate surface area is 67.3 Å². The summed E-state index contributed by atoms with van der Waals surface area (Å²) in [5.74, 6) is 5.00. The second-order valence-corrected chi connectivity index (χ2v) is 2.47. The van der Waals surface area contributed by atoms with Crippen LogP contribution in [0.5, 0.6) is 0 Å². The van der Waals surface area contributed by atoms with Crippen LogP contribution in [0.2, 0.25) is 0 Å². The third-order valence-electron chi connectivity index (χ3n) is 0.776. The van der Waals surface area contributed by atoms with Gasteiger partial charge in [0.15, 0.2) is 0 Å². The lowest BCUT2D eigenvalue weighted by Gasteiger charge is -1.99. The van der Waals surface area contributed by atoms with E-state index in [2.05, 4.69) is 5.43 Å². The molecule has 0 saturated heterocycles. The quantitative estimate of drug-likeness (QED) is 0.236. The number of hydrogen-bond donors (Lipinski definition) is 4. The van der Waals surface area contributed by atoms with Gasteiger partial charge in [-0.05, 0) is 22.6 Å². The summed E-state index contributed by atoms with van der Waals surface area (Å²) in [6.45, 7) is 0.443. The summed E-state index contributed by atoms with van der Waals surface area (Å²) in [4.78, 5) is 0. The van der Waals surface area contributed by atoms with Gasteiger partial charge >= 0.3 is 0 Å². The van der Waals surface area contributed by atoms with Gasteiger partial charge in [-0.3, -0.25) is 16.7 Å². The number of rotatable bonds is 3. The van der Waals surface area contributed by atoms with Gasteiger partial charge in [-0.1, -0.05) is 0 Å². The molecule has 0 saturated carbocycles. The van der Waals surface area contributed by atoms with E-state index in [0.717, 1.165) is 0 Å². The molecule has 0 aliphatic rings. The van der Waals surface area contributed by atoms with Gasteiger partial charge in [0.1, 0.15) is 0 Å². The maximum atomic E-state index is 7.10. The molecular formula is C4H9IN4. The molecule has 0 heterocycles. The molecule has 9 heavy (non-hydrogen) atoms. The maximum Gasteiger partial charge on any atom is 0.0979 e. The minimum Gasteiger partial charge on any atom is -0.404 e. The highest BCUT2D eigenvalue weighted by Crippen LogP contribution is 1.98. The third-order valence-corrected chi connectivity index (χ3v) is 1.47. The first-order valence-electron chi connectivity index (χ1n) is 2.31. The van der Waals surface area contributed by atoms with Crippen molar-refractivity contribution in [2.45, 2.75) is 0 Å². The molecule has 0 atom stereocenters. The first-order chi connectivity index (χ1) is 4.22. The highest BCUT2D eigenvalue weighted by Gasteiger charge is 1.96. The summed E-state index contributed by atoms with van der Waals surface area (Å²) in [7, 11) is 0. The van der Waals surface area contributed by atoms with E-state index in [1.807, 2.05) is 22.6 Å². The minimum atomic E-state index is 0.410. The Bertz CT molecular complexity index is 131. The smallest absolute Gasteiger partial charge is 0.0979 e. The fraction of sp³-hybridized carbons (Fsp3) is 0.250. The van der Waals surface area contributed by atoms with E-state index in [-0.39, 0.29) is 0 Å². The molecule has 4 nitrogen and oxygen atoms in total. The van der Waals surface area contributed by atoms with Gasteiger partial charge < -0.3 is 5.73 Å². The molecule has 0 bridgehead atoms. The lowest BCUT2D eigenvalue weighted by atomic mass is 10.3. The monoisotopic (exact) mass is 240 g/mol. The molecule has 5 heteroatoms. The Morgan fingerprint density at radius 1 is 1.78 bits per heavy atom. The van der Waals surface area contributed by atoms with Crippen molar-refractivity contribution in [1.29, 1.82) is 5.41 Å². The molecule has 0 aromatic carbocycles. The van der Waals surface area contributed by atoms with E-state index in [1.54, 1.807) is 0 Å². The molecule has 52 valence electrons. The van der Waals surface area contributed by atoms with Gasteiger partial charge in [0.2, 0.25) is 0 Å². The van der Waals surface area contributed by atoms with Crippen molar-refractivity contribution in [3.8, 4) is 0 Å². The normalized spacial score (nSPS) is 11.6. The first-order valence-corrected chi connectivity index (χ1v) is 3.39. The van der Waals surface area contributed by atoms with Crippen LogP contribution >= 0.6 is 22.6 Å². The Kier molecular flexibility index (Phi) is 4.64. The van der Waals surface area contributed by atoms with Crippen LogP contribution in [0.4, 0.5) is 0 Å². The number of nitrogens with one attached hydrogen (secondary N) is 2. The van der Waals surface area contributed by atoms with E-state index in [0.29, 0.717) is 15.8 Å². The summed E-state index contributed by atoms with van der Waals surface area (Å²) in [5, 5.41) is 7.10. The van der Waals surface area contributed by atoms with E-state index in [9.17, 15) is 0 Å². The van der Waals surface area contributed by atoms with Gasteiger partial charge in [-0.25, -0.2) is 0 Å². The molecule has 0 radical (unpaired) electrons. The van der Waals surface area contributed by atoms with Crippen LogP contribution in [-0.4, -0.2) is 10.3 Å². The number of nitrogens with two attached hydrogens (primary N) is 2. The largest absolute Gasteiger partial charge is 0.404 e. The van der Waals surface area contributed by atoms with Crippen LogP contribution in [0.1, 0.15) is 0 Å². The topological polar surface area (TPSA) is 87.9 Å². The Hall–Kier alpha value is -0.140. The molecular weight excluding hydrogens is 231 g/mol. The first kappa shape index (κ1) is 8.86. The van der Waals surface area contributed by atoms with E-state index in [1.165, 1.54) is 6.20 Å². The summed E-state index contributed by atoms with van der Waals surface area (Å²) >= 11 is 1.87. The standard InChI is InChI=1S/C4H9IN4/c5-4(7)3(1-6)2-9-8/h1,7,9H,2,6,8H2/b3-1-,7-4?. The molecule has 0 spiro atoms. The Balaban J connectivity index is 3.85. The van der Waals surface area contributed by atoms with Crippen LogP contribution in [0, 0.1) is 5.41 Å². The lowest BCUT2D eigenvalue weighted by Crippen LogP contribution is -2.26. The molecule has 0 amide bonds. The van der Waals surface area contributed by atoms with Crippen molar-refractivity contribution >= 4 is 26.3 Å². The lowest BCUT2D eigenvalue weighted by molar-refractivity contribution is 0.811. The minimum absolute atomic E-state index is 0.410. The van der Waals surface area contributed by atoms with Crippen molar-refractivity contribution in [2.75, 3.05) is 6.54 Å². The second-order valence-electron chi connectivity index (χ2n) is 1.39. The molecule has 0 unspecified atom stereocenters. The van der Waals surface area contributed by atoms with Crippen molar-refractivity contribution in [3.63, 3.8) is 0 Å². The molecule has 0 aliphatic carbocycles. The van der Waals surface area contributed by atoms with Crippen molar-refractivity contribution in [1.82, 2.24) is 5.43 Å². The number of hydrogen-bond acceptors (Lipinski definition) is 4. The predicted octanol–water partition coefficient (Wildman–Crippen LogP) is -0.295. The van der Waals surface area contributed by atoms with Gasteiger partial charge in [0.25, 0.3) is 0 Å². The summed E-state index contributed by atoms with van der Waals surface area (Å²) in [6.07, 6.45) is 1.37. The highest BCUT2D eigenvalue weighted by molar-refractivity contribution is 14.1. The summed E-state index contributed by atoms with van der Waals surface area (Å²) < 4.78 is 0.410. The van der Waals surface area contributed by atoms with Gasteiger partial charge in [-0.15, -0.1) is 0 Å². The highest BCUT2D eigenvalue weighted by atomic mass is 127. The number of hydrazine groups is 1. The molecule has 6 N–H and O–H groups in total. The average molecular weight is 240 g/mol. The third kappa shape index (κ3) is 3.44. The fourth-order valence-electron chi connectivity index (χ4n) is 0.320. The van der Waals surface area contributed by atoms with E-state index in [4.69, 9.17) is 17.0 Å². The average Bonchev–Trinajstić information content (AvgIpc) is 1.82. The van der Waals surface area contributed by atoms with Crippen LogP contribution in [0.3, 0.4) is 0 Å². The predicted molar refractivity (Wildman–Crippen MR) is 46.2 cm³/mol. The SMILES string of the molecule is N=C(I)/C(=C\N)CNN. The molecule has 0 aromatic heterocycles. The van der Waals surface area contributed by atoms with E-state index < -0.39 is 0 Å². The van der Waals surface area contributed by atoms with E-state index >= 15 is 0 Å². The Morgan fingerprint density at radius 2 is 2.33 bits per heavy atom. The molecule has 0 aromatic rings. The van der Waals surface area contributed by atoms with Crippen molar-refractivity contribution in [3.05, 3.63) is 11.8 Å². The molecule has 0 rings (SSSR count). The zero-order valence-electron chi connectivity index (χ0n) is 4.82. The van der Waals surface area contributed by atoms with Crippen LogP contribution < -0.4 is 17.0 Å². The van der Waals surface area contributed by atoms with Crippen LogP contribution in [-0.2, 0) is 0 Å². The molecule has 0 aliphatic heterocycles. The Morgan fingerprint density at radius 3 is 2.44 bits per heavy atom. The van der Waals surface area contributed by atoms with Gasteiger partial charge in [-0.2, -0.15) is 0 Å². The van der Waals surface area contributed by atoms with Crippen LogP contribution in [0.25, 0.3) is 0 Å². The summed E-state index contributed by atoms with van der Waals surface area (Å²) in [6, 6.07) is 0. The number of halogens is 1. The van der Waals surface area contributed by atoms with Gasteiger partial charge in [0.05, 0.1) is 3.72 Å². The zero-order chi connectivity index (χ0) is 7.28. The fourth-order valence-corrected chi connectivity index (χ4v) is 0.690.